The van der Waals surface area contributed by atoms with Crippen LogP contribution < -0.4 is 4.90 Å². The van der Waals surface area contributed by atoms with Gasteiger partial charge < -0.3 is 9.32 Å². The zero-order valence-electron chi connectivity index (χ0n) is 16.8. The number of rotatable bonds is 4. The summed E-state index contributed by atoms with van der Waals surface area (Å²) in [5.74, 6) is 0.520. The first-order chi connectivity index (χ1) is 15.4. The Balaban J connectivity index is 1.63. The van der Waals surface area contributed by atoms with Crippen LogP contribution in [0.5, 0.6) is 0 Å². The standard InChI is InChI=1S/C24H18BrClN2O3S/c25-19-7-5-17(6-8-19)22-27-23(32(29,30)21-11-9-20(26)10-12-21)24(31-22)28-14-13-16-3-1-2-4-18(16)15-28/h1-12H,13-15H2. The summed E-state index contributed by atoms with van der Waals surface area (Å²) in [6.45, 7) is 1.18. The van der Waals surface area contributed by atoms with E-state index >= 15 is 0 Å². The number of fused-ring (bicyclic) bond motifs is 1. The molecule has 0 fully saturated rings. The molecule has 8 heteroatoms. The van der Waals surface area contributed by atoms with Crippen LogP contribution in [0.15, 0.2) is 91.6 Å². The van der Waals surface area contributed by atoms with Crippen molar-refractivity contribution in [2.24, 2.45) is 0 Å². The van der Waals surface area contributed by atoms with E-state index in [0.29, 0.717) is 23.7 Å². The summed E-state index contributed by atoms with van der Waals surface area (Å²) in [4.78, 5) is 6.53. The van der Waals surface area contributed by atoms with Crippen molar-refractivity contribution in [3.05, 3.63) is 93.4 Å². The number of oxazole rings is 1. The third-order valence-electron chi connectivity index (χ3n) is 5.47. The van der Waals surface area contributed by atoms with E-state index in [1.807, 2.05) is 41.3 Å². The number of aromatic nitrogens is 1. The van der Waals surface area contributed by atoms with Gasteiger partial charge in [0.15, 0.2) is 0 Å². The first kappa shape index (κ1) is 21.2. The Kier molecular flexibility index (Phi) is 5.57. The van der Waals surface area contributed by atoms with Crippen molar-refractivity contribution >= 4 is 43.3 Å². The lowest BCUT2D eigenvalue weighted by atomic mass is 10.0. The van der Waals surface area contributed by atoms with Gasteiger partial charge in [0.05, 0.1) is 4.90 Å². The van der Waals surface area contributed by atoms with Gasteiger partial charge in [0.25, 0.3) is 0 Å². The van der Waals surface area contributed by atoms with Crippen LogP contribution in [0.2, 0.25) is 5.02 Å². The maximum absolute atomic E-state index is 13.6. The smallest absolute Gasteiger partial charge is 0.236 e. The van der Waals surface area contributed by atoms with E-state index in [-0.39, 0.29) is 21.7 Å². The van der Waals surface area contributed by atoms with Gasteiger partial charge in [-0.25, -0.2) is 8.42 Å². The maximum Gasteiger partial charge on any atom is 0.236 e. The molecule has 0 spiro atoms. The van der Waals surface area contributed by atoms with E-state index in [4.69, 9.17) is 16.0 Å². The maximum atomic E-state index is 13.6. The largest absolute Gasteiger partial charge is 0.419 e. The number of halogens is 2. The van der Waals surface area contributed by atoms with E-state index < -0.39 is 9.84 Å². The van der Waals surface area contributed by atoms with Crippen molar-refractivity contribution in [2.75, 3.05) is 11.4 Å². The molecule has 0 saturated heterocycles. The predicted octanol–water partition coefficient (Wildman–Crippen LogP) is 6.15. The molecule has 1 aliphatic heterocycles. The molecular formula is C24H18BrClN2O3S. The number of hydrogen-bond donors (Lipinski definition) is 0. The molecule has 0 atom stereocenters. The number of sulfone groups is 1. The Hall–Kier alpha value is -2.61. The number of anilines is 1. The van der Waals surface area contributed by atoms with Crippen LogP contribution in [-0.2, 0) is 22.8 Å². The predicted molar refractivity (Wildman–Crippen MR) is 128 cm³/mol. The first-order valence-corrected chi connectivity index (χ1v) is 12.7. The fraction of sp³-hybridized carbons (Fsp3) is 0.125. The second-order valence-electron chi connectivity index (χ2n) is 7.53. The summed E-state index contributed by atoms with van der Waals surface area (Å²) in [6.07, 6.45) is 0.797. The summed E-state index contributed by atoms with van der Waals surface area (Å²) < 4.78 is 34.1. The Labute approximate surface area is 199 Å². The van der Waals surface area contributed by atoms with E-state index in [1.165, 1.54) is 17.7 Å². The van der Waals surface area contributed by atoms with Crippen molar-refractivity contribution < 1.29 is 12.8 Å². The van der Waals surface area contributed by atoms with E-state index in [2.05, 4.69) is 33.0 Å². The summed E-state index contributed by atoms with van der Waals surface area (Å²) >= 11 is 9.38. The van der Waals surface area contributed by atoms with Crippen molar-refractivity contribution in [1.29, 1.82) is 0 Å². The van der Waals surface area contributed by atoms with Crippen molar-refractivity contribution in [3.8, 4) is 11.5 Å². The summed E-state index contributed by atoms with van der Waals surface area (Å²) in [5, 5.41) is 0.379. The van der Waals surface area contributed by atoms with Gasteiger partial charge in [-0.1, -0.05) is 51.8 Å². The molecular weight excluding hydrogens is 512 g/mol. The summed E-state index contributed by atoms with van der Waals surface area (Å²) in [6, 6.07) is 21.7. The van der Waals surface area contributed by atoms with Crippen LogP contribution in [0.4, 0.5) is 5.88 Å². The van der Waals surface area contributed by atoms with Gasteiger partial charge in [-0.05, 0) is 66.1 Å². The molecule has 1 aliphatic rings. The molecule has 0 N–H and O–H groups in total. The average molecular weight is 530 g/mol. The molecule has 5 nitrogen and oxygen atoms in total. The molecule has 162 valence electrons. The molecule has 3 aromatic carbocycles. The zero-order valence-corrected chi connectivity index (χ0v) is 20.0. The van der Waals surface area contributed by atoms with Gasteiger partial charge in [-0.15, -0.1) is 0 Å². The molecule has 5 rings (SSSR count). The number of benzene rings is 3. The highest BCUT2D eigenvalue weighted by Gasteiger charge is 2.32. The lowest BCUT2D eigenvalue weighted by Gasteiger charge is -2.28. The highest BCUT2D eigenvalue weighted by Crippen LogP contribution is 2.37. The molecule has 0 radical (unpaired) electrons. The molecule has 0 unspecified atom stereocenters. The summed E-state index contributed by atoms with van der Waals surface area (Å²) in [5.41, 5.74) is 3.11. The van der Waals surface area contributed by atoms with Gasteiger partial charge >= 0.3 is 0 Å². The Morgan fingerprint density at radius 1 is 0.938 bits per heavy atom. The third-order valence-corrected chi connectivity index (χ3v) is 7.92. The SMILES string of the molecule is O=S(=O)(c1ccc(Cl)cc1)c1nc(-c2ccc(Br)cc2)oc1N1CCc2ccccc2C1. The molecule has 32 heavy (non-hydrogen) atoms. The minimum Gasteiger partial charge on any atom is -0.419 e. The average Bonchev–Trinajstić information content (AvgIpc) is 3.26. The highest BCUT2D eigenvalue weighted by atomic mass is 79.9. The number of hydrogen-bond acceptors (Lipinski definition) is 5. The molecule has 2 heterocycles. The minimum absolute atomic E-state index is 0.0860. The van der Waals surface area contributed by atoms with E-state index in [1.54, 1.807) is 12.1 Å². The molecule has 0 amide bonds. The molecule has 1 aromatic heterocycles. The van der Waals surface area contributed by atoms with Crippen LogP contribution in [0.1, 0.15) is 11.1 Å². The minimum atomic E-state index is -3.92. The van der Waals surface area contributed by atoms with E-state index in [0.717, 1.165) is 16.5 Å². The molecule has 0 bridgehead atoms. The van der Waals surface area contributed by atoms with Crippen LogP contribution in [0, 0.1) is 0 Å². The fourth-order valence-corrected chi connectivity index (χ4v) is 5.50. The van der Waals surface area contributed by atoms with Crippen molar-refractivity contribution in [1.82, 2.24) is 4.98 Å². The van der Waals surface area contributed by atoms with Gasteiger partial charge in [0.2, 0.25) is 26.6 Å². The Morgan fingerprint density at radius 2 is 1.62 bits per heavy atom. The normalized spacial score (nSPS) is 13.8. The van der Waals surface area contributed by atoms with Gasteiger partial charge in [-0.2, -0.15) is 4.98 Å². The first-order valence-electron chi connectivity index (χ1n) is 10.0. The quantitative estimate of drug-likeness (QED) is 0.317. The van der Waals surface area contributed by atoms with Gasteiger partial charge in [0.1, 0.15) is 0 Å². The van der Waals surface area contributed by atoms with Crippen molar-refractivity contribution in [2.45, 2.75) is 22.9 Å². The molecule has 4 aromatic rings. The molecule has 0 saturated carbocycles. The van der Waals surface area contributed by atoms with Crippen LogP contribution in [-0.4, -0.2) is 19.9 Å². The summed E-state index contributed by atoms with van der Waals surface area (Å²) in [7, 11) is -3.92. The van der Waals surface area contributed by atoms with Crippen LogP contribution >= 0.6 is 27.5 Å². The zero-order chi connectivity index (χ0) is 22.3. The lowest BCUT2D eigenvalue weighted by molar-refractivity contribution is 0.533. The fourth-order valence-electron chi connectivity index (χ4n) is 3.78. The second kappa shape index (κ2) is 8.39. The molecule has 0 aliphatic carbocycles. The number of nitrogens with zero attached hydrogens (tertiary/aromatic N) is 2. The Bertz CT molecular complexity index is 1380. The van der Waals surface area contributed by atoms with Gasteiger partial charge in [0, 0.05) is 28.1 Å². The third kappa shape index (κ3) is 3.96. The van der Waals surface area contributed by atoms with Gasteiger partial charge in [-0.3, -0.25) is 0 Å². The van der Waals surface area contributed by atoms with Crippen LogP contribution in [0.3, 0.4) is 0 Å². The van der Waals surface area contributed by atoms with Crippen LogP contribution in [0.25, 0.3) is 11.5 Å². The highest BCUT2D eigenvalue weighted by molar-refractivity contribution is 9.10. The topological polar surface area (TPSA) is 63.4 Å². The Morgan fingerprint density at radius 3 is 2.34 bits per heavy atom. The lowest BCUT2D eigenvalue weighted by Crippen LogP contribution is -2.31. The second-order valence-corrected chi connectivity index (χ2v) is 10.8. The van der Waals surface area contributed by atoms with Crippen molar-refractivity contribution in [3.63, 3.8) is 0 Å². The van der Waals surface area contributed by atoms with E-state index in [9.17, 15) is 8.42 Å². The monoisotopic (exact) mass is 528 g/mol.